The first kappa shape index (κ1) is 90.1. The Labute approximate surface area is 562 Å². The first-order chi connectivity index (χ1) is 44.1. The number of ether oxygens (including phenoxy) is 4. The van der Waals surface area contributed by atoms with Gasteiger partial charge in [-0.1, -0.05) is 312 Å². The van der Waals surface area contributed by atoms with Gasteiger partial charge in [0, 0.05) is 25.7 Å². The molecule has 0 amide bonds. The third-order valence-electron chi connectivity index (χ3n) is 17.2. The van der Waals surface area contributed by atoms with E-state index >= 15 is 0 Å². The summed E-state index contributed by atoms with van der Waals surface area (Å²) in [5, 5.41) is 10.6. The summed E-state index contributed by atoms with van der Waals surface area (Å²) >= 11 is 0. The molecule has 3 N–H and O–H groups in total. The van der Waals surface area contributed by atoms with Crippen molar-refractivity contribution in [2.24, 2.45) is 23.7 Å². The standard InChI is InChI=1S/C73H142O17P2/c1-9-66(8)52-44-36-28-22-23-31-40-48-56-73(78)90-68(59-83-70(75)53-45-37-29-20-17-13-15-19-26-34-42-50-64(4)5)61-87-91(79,80)85-57-67(74)58-86-92(81,82)88-62-69(60-84-71(76)54-46-38-32-24-27-35-43-51-65(6)7)89-72(77)55-47-39-30-21-16-12-10-11-14-18-25-33-41-49-63(2)3/h63-69,74H,9-62H2,1-8H3,(H,79,80)(H,81,82)/t66?,67?,68-,69-/m1/s1. The zero-order valence-electron chi connectivity index (χ0n) is 60.2. The van der Waals surface area contributed by atoms with Crippen LogP contribution in [0.15, 0.2) is 0 Å². The zero-order chi connectivity index (χ0) is 68.2. The topological polar surface area (TPSA) is 237 Å². The van der Waals surface area contributed by atoms with Crippen LogP contribution < -0.4 is 0 Å². The van der Waals surface area contributed by atoms with Crippen LogP contribution in [-0.2, 0) is 65.4 Å². The van der Waals surface area contributed by atoms with Crippen LogP contribution in [0.1, 0.15) is 364 Å². The average molecular weight is 1350 g/mol. The maximum Gasteiger partial charge on any atom is 0.472 e. The van der Waals surface area contributed by atoms with Gasteiger partial charge in [0.1, 0.15) is 19.3 Å². The highest BCUT2D eigenvalue weighted by Crippen LogP contribution is 2.45. The number of carbonyl (C=O) groups excluding carboxylic acids is 4. The van der Waals surface area contributed by atoms with Crippen molar-refractivity contribution in [3.8, 4) is 0 Å². The summed E-state index contributed by atoms with van der Waals surface area (Å²) in [7, 11) is -9.91. The first-order valence-corrected chi connectivity index (χ1v) is 40.7. The van der Waals surface area contributed by atoms with Gasteiger partial charge in [-0.2, -0.15) is 0 Å². The molecule has 17 nitrogen and oxygen atoms in total. The summed E-state index contributed by atoms with van der Waals surface area (Å²) in [5.41, 5.74) is 0. The van der Waals surface area contributed by atoms with Crippen LogP contribution in [0.3, 0.4) is 0 Å². The Balaban J connectivity index is 5.25. The summed E-state index contributed by atoms with van der Waals surface area (Å²) in [6.45, 7) is 14.1. The number of esters is 4. The maximum atomic E-state index is 13.0. The highest BCUT2D eigenvalue weighted by Gasteiger charge is 2.30. The van der Waals surface area contributed by atoms with E-state index in [0.29, 0.717) is 31.6 Å². The third kappa shape index (κ3) is 65.4. The molecule has 92 heavy (non-hydrogen) atoms. The number of phosphoric ester groups is 2. The van der Waals surface area contributed by atoms with Crippen LogP contribution in [0.25, 0.3) is 0 Å². The Bertz CT molecular complexity index is 1820. The van der Waals surface area contributed by atoms with E-state index in [9.17, 15) is 43.2 Å². The predicted octanol–water partition coefficient (Wildman–Crippen LogP) is 20.9. The van der Waals surface area contributed by atoms with Crippen LogP contribution in [0.2, 0.25) is 0 Å². The van der Waals surface area contributed by atoms with E-state index in [0.717, 1.165) is 114 Å². The van der Waals surface area contributed by atoms with E-state index in [1.807, 2.05) is 0 Å². The van der Waals surface area contributed by atoms with E-state index in [1.54, 1.807) is 0 Å². The second-order valence-electron chi connectivity index (χ2n) is 28.0. The fourth-order valence-corrected chi connectivity index (χ4v) is 12.6. The minimum absolute atomic E-state index is 0.104. The fraction of sp³-hybridized carbons (Fsp3) is 0.945. The number of unbranched alkanes of at least 4 members (excludes halogenated alkanes) is 35. The molecule has 19 heteroatoms. The first-order valence-electron chi connectivity index (χ1n) is 37.7. The molecule has 0 heterocycles. The van der Waals surface area contributed by atoms with Crippen LogP contribution in [0, 0.1) is 23.7 Å². The van der Waals surface area contributed by atoms with Gasteiger partial charge in [0.2, 0.25) is 0 Å². The number of aliphatic hydroxyl groups excluding tert-OH is 1. The molecular weight excluding hydrogens is 1210 g/mol. The van der Waals surface area contributed by atoms with E-state index < -0.39 is 97.5 Å². The van der Waals surface area contributed by atoms with E-state index in [1.165, 1.54) is 161 Å². The quantitative estimate of drug-likeness (QED) is 0.0222. The van der Waals surface area contributed by atoms with Gasteiger partial charge in [-0.3, -0.25) is 37.3 Å². The molecule has 0 rings (SSSR count). The van der Waals surface area contributed by atoms with Gasteiger partial charge in [-0.15, -0.1) is 0 Å². The van der Waals surface area contributed by atoms with Gasteiger partial charge in [0.15, 0.2) is 12.2 Å². The van der Waals surface area contributed by atoms with Crippen molar-refractivity contribution in [3.63, 3.8) is 0 Å². The van der Waals surface area contributed by atoms with E-state index in [-0.39, 0.29) is 25.7 Å². The van der Waals surface area contributed by atoms with Gasteiger partial charge >= 0.3 is 39.5 Å². The fourth-order valence-electron chi connectivity index (χ4n) is 11.0. The monoisotopic (exact) mass is 1350 g/mol. The largest absolute Gasteiger partial charge is 0.472 e. The summed E-state index contributed by atoms with van der Waals surface area (Å²) < 4.78 is 68.4. The van der Waals surface area contributed by atoms with Crippen molar-refractivity contribution in [2.45, 2.75) is 382 Å². The molecule has 0 saturated carbocycles. The van der Waals surface area contributed by atoms with Crippen molar-refractivity contribution >= 4 is 39.5 Å². The lowest BCUT2D eigenvalue weighted by Gasteiger charge is -2.21. The summed E-state index contributed by atoms with van der Waals surface area (Å²) in [4.78, 5) is 72.7. The third-order valence-corrected chi connectivity index (χ3v) is 19.1. The normalized spacial score (nSPS) is 14.5. The predicted molar refractivity (Wildman–Crippen MR) is 372 cm³/mol. The second-order valence-corrected chi connectivity index (χ2v) is 30.9. The molecule has 4 unspecified atom stereocenters. The van der Waals surface area contributed by atoms with Gasteiger partial charge in [0.25, 0.3) is 0 Å². The Morgan fingerprint density at radius 1 is 0.304 bits per heavy atom. The van der Waals surface area contributed by atoms with Gasteiger partial charge < -0.3 is 33.8 Å². The van der Waals surface area contributed by atoms with Gasteiger partial charge in [-0.05, 0) is 49.4 Å². The van der Waals surface area contributed by atoms with Crippen LogP contribution in [-0.4, -0.2) is 96.7 Å². The number of rotatable bonds is 70. The minimum Gasteiger partial charge on any atom is -0.462 e. The molecule has 0 aliphatic heterocycles. The van der Waals surface area contributed by atoms with Crippen LogP contribution >= 0.6 is 15.6 Å². The number of hydrogen-bond acceptors (Lipinski definition) is 15. The summed E-state index contributed by atoms with van der Waals surface area (Å²) in [6, 6.07) is 0. The van der Waals surface area contributed by atoms with Crippen molar-refractivity contribution in [2.75, 3.05) is 39.6 Å². The van der Waals surface area contributed by atoms with Crippen molar-refractivity contribution in [1.29, 1.82) is 0 Å². The molecule has 0 saturated heterocycles. The molecule has 0 fully saturated rings. The maximum absolute atomic E-state index is 13.0. The lowest BCUT2D eigenvalue weighted by molar-refractivity contribution is -0.161. The van der Waals surface area contributed by atoms with Crippen LogP contribution in [0.4, 0.5) is 0 Å². The van der Waals surface area contributed by atoms with Crippen LogP contribution in [0.5, 0.6) is 0 Å². The SMILES string of the molecule is CCC(C)CCCCCCCCCCC(=O)O[C@H](COC(=O)CCCCCCCCCCCCCC(C)C)COP(=O)(O)OCC(O)COP(=O)(O)OC[C@@H](COC(=O)CCCCCCCCCC(C)C)OC(=O)CCCCCCCCCCCCCCCC(C)C. The Kier molecular flexibility index (Phi) is 61.3. The molecule has 6 atom stereocenters. The minimum atomic E-state index is -4.95. The summed E-state index contributed by atoms with van der Waals surface area (Å²) in [5.74, 6) is 0.906. The highest BCUT2D eigenvalue weighted by molar-refractivity contribution is 7.47. The number of phosphoric acid groups is 2. The number of hydrogen-bond donors (Lipinski definition) is 3. The molecular formula is C73H142O17P2. The molecule has 0 aromatic heterocycles. The molecule has 0 aliphatic carbocycles. The van der Waals surface area contributed by atoms with Crippen molar-refractivity contribution in [1.82, 2.24) is 0 Å². The number of carbonyl (C=O) groups is 4. The lowest BCUT2D eigenvalue weighted by Crippen LogP contribution is -2.30. The molecule has 0 spiro atoms. The zero-order valence-corrected chi connectivity index (χ0v) is 62.0. The van der Waals surface area contributed by atoms with Gasteiger partial charge in [-0.25, -0.2) is 9.13 Å². The highest BCUT2D eigenvalue weighted by atomic mass is 31.2. The molecule has 0 aromatic rings. The number of aliphatic hydroxyl groups is 1. The smallest absolute Gasteiger partial charge is 0.462 e. The molecule has 0 aromatic carbocycles. The molecule has 546 valence electrons. The summed E-state index contributed by atoms with van der Waals surface area (Å²) in [6.07, 6.45) is 45.8. The Morgan fingerprint density at radius 3 is 0.772 bits per heavy atom. The Morgan fingerprint density at radius 2 is 0.522 bits per heavy atom. The Hall–Kier alpha value is -1.94. The van der Waals surface area contributed by atoms with E-state index in [2.05, 4.69) is 55.4 Å². The molecule has 0 aliphatic rings. The lowest BCUT2D eigenvalue weighted by atomic mass is 9.99. The second kappa shape index (κ2) is 62.6. The van der Waals surface area contributed by atoms with Gasteiger partial charge in [0.05, 0.1) is 26.4 Å². The van der Waals surface area contributed by atoms with Crippen molar-refractivity contribution in [3.05, 3.63) is 0 Å². The molecule has 0 radical (unpaired) electrons. The van der Waals surface area contributed by atoms with Crippen molar-refractivity contribution < 1.29 is 80.2 Å². The molecule has 0 bridgehead atoms. The van der Waals surface area contributed by atoms with E-state index in [4.69, 9.17) is 37.0 Å². The average Bonchev–Trinajstić information content (AvgIpc) is 2.98.